The molecule has 0 aliphatic carbocycles. The first-order valence-electron chi connectivity index (χ1n) is 8.60. The number of piperazine rings is 1. The van der Waals surface area contributed by atoms with E-state index in [4.69, 9.17) is 16.1 Å². The summed E-state index contributed by atoms with van der Waals surface area (Å²) in [6, 6.07) is 7.49. The Morgan fingerprint density at radius 2 is 1.88 bits per heavy atom. The van der Waals surface area contributed by atoms with Gasteiger partial charge in [0.1, 0.15) is 0 Å². The standard InChI is InChI=1S/C18H20ClN5OS/c1-13-20-16(12-26-13)10-23-5-7-24(8-6-23)11-17-21-18(22-25-17)14-3-2-4-15(19)9-14/h2-4,9,12H,5-8,10-11H2,1H3. The summed E-state index contributed by atoms with van der Waals surface area (Å²) in [5.41, 5.74) is 2.04. The Morgan fingerprint density at radius 1 is 1.12 bits per heavy atom. The van der Waals surface area contributed by atoms with Crippen LogP contribution in [0.1, 0.15) is 16.6 Å². The molecule has 136 valence electrons. The van der Waals surface area contributed by atoms with E-state index in [1.807, 2.05) is 31.2 Å². The van der Waals surface area contributed by atoms with Crippen LogP contribution in [0.4, 0.5) is 0 Å². The lowest BCUT2D eigenvalue weighted by Gasteiger charge is -2.33. The van der Waals surface area contributed by atoms with Gasteiger partial charge in [0.2, 0.25) is 11.7 Å². The molecule has 6 nitrogen and oxygen atoms in total. The summed E-state index contributed by atoms with van der Waals surface area (Å²) in [5.74, 6) is 1.23. The molecule has 2 aromatic heterocycles. The highest BCUT2D eigenvalue weighted by molar-refractivity contribution is 7.09. The summed E-state index contributed by atoms with van der Waals surface area (Å²) in [6.07, 6.45) is 0. The van der Waals surface area contributed by atoms with Crippen LogP contribution in [0.5, 0.6) is 0 Å². The summed E-state index contributed by atoms with van der Waals surface area (Å²) in [6.45, 7) is 7.66. The van der Waals surface area contributed by atoms with Crippen LogP contribution in [0.25, 0.3) is 11.4 Å². The zero-order valence-electron chi connectivity index (χ0n) is 14.6. The molecule has 0 radical (unpaired) electrons. The highest BCUT2D eigenvalue weighted by Crippen LogP contribution is 2.20. The molecule has 1 saturated heterocycles. The number of rotatable bonds is 5. The topological polar surface area (TPSA) is 58.3 Å². The molecule has 0 amide bonds. The lowest BCUT2D eigenvalue weighted by atomic mass is 10.2. The van der Waals surface area contributed by atoms with Crippen molar-refractivity contribution in [2.75, 3.05) is 26.2 Å². The second-order valence-corrected chi connectivity index (χ2v) is 7.93. The van der Waals surface area contributed by atoms with Crippen molar-refractivity contribution in [1.82, 2.24) is 24.9 Å². The molecule has 0 N–H and O–H groups in total. The zero-order valence-corrected chi connectivity index (χ0v) is 16.1. The molecule has 0 spiro atoms. The molecular formula is C18H20ClN5OS. The van der Waals surface area contributed by atoms with Crippen molar-refractivity contribution in [1.29, 1.82) is 0 Å². The Labute approximate surface area is 161 Å². The van der Waals surface area contributed by atoms with Crippen LogP contribution < -0.4 is 0 Å². The van der Waals surface area contributed by atoms with Gasteiger partial charge in [-0.3, -0.25) is 9.80 Å². The predicted octanol–water partition coefficient (Wildman–Crippen LogP) is 3.47. The average molecular weight is 390 g/mol. The molecule has 26 heavy (non-hydrogen) atoms. The second-order valence-electron chi connectivity index (χ2n) is 6.43. The Hall–Kier alpha value is -1.80. The molecule has 0 atom stereocenters. The highest BCUT2D eigenvalue weighted by atomic mass is 35.5. The average Bonchev–Trinajstić information content (AvgIpc) is 3.26. The van der Waals surface area contributed by atoms with Crippen LogP contribution in [0.3, 0.4) is 0 Å². The first kappa shape index (κ1) is 17.6. The second kappa shape index (κ2) is 7.84. The van der Waals surface area contributed by atoms with Crippen LogP contribution in [-0.2, 0) is 13.1 Å². The van der Waals surface area contributed by atoms with E-state index in [2.05, 4.69) is 30.3 Å². The van der Waals surface area contributed by atoms with Gasteiger partial charge in [0.15, 0.2) is 0 Å². The number of halogens is 1. The van der Waals surface area contributed by atoms with Crippen LogP contribution in [0, 0.1) is 6.92 Å². The number of aromatic nitrogens is 3. The maximum absolute atomic E-state index is 6.03. The third kappa shape index (κ3) is 4.29. The number of hydrogen-bond donors (Lipinski definition) is 0. The van der Waals surface area contributed by atoms with E-state index >= 15 is 0 Å². The van der Waals surface area contributed by atoms with Crippen molar-refractivity contribution in [2.45, 2.75) is 20.0 Å². The van der Waals surface area contributed by atoms with Gasteiger partial charge in [0.25, 0.3) is 0 Å². The fourth-order valence-corrected chi connectivity index (χ4v) is 3.86. The summed E-state index contributed by atoms with van der Waals surface area (Å²) in [7, 11) is 0. The van der Waals surface area contributed by atoms with Gasteiger partial charge >= 0.3 is 0 Å². The molecule has 1 fully saturated rings. The molecule has 0 bridgehead atoms. The Kier molecular flexibility index (Phi) is 5.31. The SMILES string of the molecule is Cc1nc(CN2CCN(Cc3nc(-c4cccc(Cl)c4)no3)CC2)cs1. The zero-order chi connectivity index (χ0) is 17.9. The fourth-order valence-electron chi connectivity index (χ4n) is 3.07. The molecule has 0 saturated carbocycles. The van der Waals surface area contributed by atoms with E-state index in [1.54, 1.807) is 11.3 Å². The third-order valence-corrected chi connectivity index (χ3v) is 5.48. The van der Waals surface area contributed by atoms with E-state index in [9.17, 15) is 0 Å². The van der Waals surface area contributed by atoms with Gasteiger partial charge in [-0.2, -0.15) is 4.98 Å². The lowest BCUT2D eigenvalue weighted by molar-refractivity contribution is 0.111. The monoisotopic (exact) mass is 389 g/mol. The molecule has 1 aliphatic rings. The van der Waals surface area contributed by atoms with Gasteiger partial charge in [0.05, 0.1) is 17.2 Å². The van der Waals surface area contributed by atoms with Crippen molar-refractivity contribution < 1.29 is 4.52 Å². The van der Waals surface area contributed by atoms with Gasteiger partial charge in [0, 0.05) is 48.7 Å². The van der Waals surface area contributed by atoms with E-state index in [0.29, 0.717) is 23.3 Å². The molecule has 0 unspecified atom stereocenters. The Balaban J connectivity index is 1.30. The van der Waals surface area contributed by atoms with Crippen molar-refractivity contribution in [3.63, 3.8) is 0 Å². The normalized spacial score (nSPS) is 16.2. The van der Waals surface area contributed by atoms with E-state index < -0.39 is 0 Å². The molecule has 8 heteroatoms. The minimum absolute atomic E-state index is 0.583. The minimum atomic E-state index is 0.583. The van der Waals surface area contributed by atoms with E-state index in [1.165, 1.54) is 5.69 Å². The predicted molar refractivity (Wildman–Crippen MR) is 102 cm³/mol. The van der Waals surface area contributed by atoms with Crippen LogP contribution in [-0.4, -0.2) is 51.1 Å². The number of benzene rings is 1. The Morgan fingerprint density at radius 3 is 2.58 bits per heavy atom. The van der Waals surface area contributed by atoms with Crippen molar-refractivity contribution >= 4 is 22.9 Å². The van der Waals surface area contributed by atoms with Gasteiger partial charge in [-0.05, 0) is 19.1 Å². The smallest absolute Gasteiger partial charge is 0.241 e. The van der Waals surface area contributed by atoms with Crippen LogP contribution in [0.2, 0.25) is 5.02 Å². The van der Waals surface area contributed by atoms with Gasteiger partial charge in [-0.15, -0.1) is 11.3 Å². The summed E-state index contributed by atoms with van der Waals surface area (Å²) in [5, 5.41) is 8.02. The van der Waals surface area contributed by atoms with Crippen molar-refractivity contribution in [2.24, 2.45) is 0 Å². The van der Waals surface area contributed by atoms with Crippen molar-refractivity contribution in [3.8, 4) is 11.4 Å². The summed E-state index contributed by atoms with van der Waals surface area (Å²) < 4.78 is 5.42. The van der Waals surface area contributed by atoms with Gasteiger partial charge in [-0.25, -0.2) is 4.98 Å². The minimum Gasteiger partial charge on any atom is -0.338 e. The van der Waals surface area contributed by atoms with Crippen LogP contribution >= 0.6 is 22.9 Å². The third-order valence-electron chi connectivity index (χ3n) is 4.43. The lowest BCUT2D eigenvalue weighted by Crippen LogP contribution is -2.45. The first-order valence-corrected chi connectivity index (χ1v) is 9.86. The first-order chi connectivity index (χ1) is 12.7. The molecule has 4 rings (SSSR count). The van der Waals surface area contributed by atoms with E-state index in [0.717, 1.165) is 43.3 Å². The fraction of sp³-hybridized carbons (Fsp3) is 0.389. The molecule has 1 aromatic carbocycles. The molecule has 1 aliphatic heterocycles. The van der Waals surface area contributed by atoms with Crippen LogP contribution in [0.15, 0.2) is 34.2 Å². The number of nitrogens with zero attached hydrogens (tertiary/aromatic N) is 5. The Bertz CT molecular complexity index is 872. The largest absolute Gasteiger partial charge is 0.338 e. The molecule has 3 heterocycles. The molecule has 3 aromatic rings. The maximum atomic E-state index is 6.03. The summed E-state index contributed by atoms with van der Waals surface area (Å²) in [4.78, 5) is 13.8. The number of hydrogen-bond acceptors (Lipinski definition) is 7. The van der Waals surface area contributed by atoms with Gasteiger partial charge < -0.3 is 4.52 Å². The summed E-state index contributed by atoms with van der Waals surface area (Å²) >= 11 is 7.74. The maximum Gasteiger partial charge on any atom is 0.241 e. The van der Waals surface area contributed by atoms with Crippen molar-refractivity contribution in [3.05, 3.63) is 51.3 Å². The van der Waals surface area contributed by atoms with E-state index in [-0.39, 0.29) is 0 Å². The quantitative estimate of drug-likeness (QED) is 0.666. The number of thiazole rings is 1. The highest BCUT2D eigenvalue weighted by Gasteiger charge is 2.20. The number of aryl methyl sites for hydroxylation is 1. The molecular weight excluding hydrogens is 370 g/mol. The van der Waals surface area contributed by atoms with Gasteiger partial charge in [-0.1, -0.05) is 28.9 Å².